The first-order chi connectivity index (χ1) is 15.7. The summed E-state index contributed by atoms with van der Waals surface area (Å²) in [6.45, 7) is 5.23. The van der Waals surface area contributed by atoms with E-state index in [1.54, 1.807) is 21.3 Å². The summed E-state index contributed by atoms with van der Waals surface area (Å²) >= 11 is 0. The third kappa shape index (κ3) is 5.05. The number of aromatic nitrogens is 4. The van der Waals surface area contributed by atoms with Crippen LogP contribution in [0.15, 0.2) is 18.2 Å². The molecule has 0 N–H and O–H groups in total. The third-order valence-corrected chi connectivity index (χ3v) is 6.85. The maximum absolute atomic E-state index is 5.78. The zero-order valence-corrected chi connectivity index (χ0v) is 19.6. The van der Waals surface area contributed by atoms with Crippen molar-refractivity contribution in [2.45, 2.75) is 50.7 Å². The van der Waals surface area contributed by atoms with Gasteiger partial charge in [-0.15, -0.1) is 5.10 Å². The summed E-state index contributed by atoms with van der Waals surface area (Å²) in [7, 11) is 5.06. The van der Waals surface area contributed by atoms with E-state index in [0.29, 0.717) is 13.2 Å². The lowest BCUT2D eigenvalue weighted by molar-refractivity contribution is 0.0609. The van der Waals surface area contributed by atoms with Crippen molar-refractivity contribution in [3.8, 4) is 11.5 Å². The molecule has 0 amide bonds. The van der Waals surface area contributed by atoms with Crippen molar-refractivity contribution in [3.05, 3.63) is 29.6 Å². The first-order valence-electron chi connectivity index (χ1n) is 11.7. The largest absolute Gasteiger partial charge is 0.497 e. The monoisotopic (exact) mass is 444 g/mol. The molecule has 1 atom stereocenters. The van der Waals surface area contributed by atoms with Crippen LogP contribution in [0.5, 0.6) is 11.5 Å². The Labute approximate surface area is 190 Å². The maximum Gasteiger partial charge on any atom is 0.173 e. The lowest BCUT2D eigenvalue weighted by Gasteiger charge is -2.43. The first kappa shape index (κ1) is 22.9. The quantitative estimate of drug-likeness (QED) is 0.583. The van der Waals surface area contributed by atoms with Crippen LogP contribution in [0.2, 0.25) is 0 Å². The Hall–Kier alpha value is -2.23. The van der Waals surface area contributed by atoms with E-state index in [4.69, 9.17) is 14.2 Å². The number of tetrazole rings is 1. The summed E-state index contributed by atoms with van der Waals surface area (Å²) in [5, 5.41) is 12.7. The van der Waals surface area contributed by atoms with Gasteiger partial charge in [-0.25, -0.2) is 4.68 Å². The van der Waals surface area contributed by atoms with Crippen LogP contribution in [0.3, 0.4) is 0 Å². The molecule has 32 heavy (non-hydrogen) atoms. The van der Waals surface area contributed by atoms with Crippen molar-refractivity contribution in [2.24, 2.45) is 0 Å². The van der Waals surface area contributed by atoms with E-state index in [1.807, 2.05) is 16.8 Å². The Balaban J connectivity index is 1.61. The number of rotatable bonds is 9. The van der Waals surface area contributed by atoms with Gasteiger partial charge in [0.1, 0.15) is 17.5 Å². The van der Waals surface area contributed by atoms with Crippen molar-refractivity contribution in [3.63, 3.8) is 0 Å². The molecule has 0 radical (unpaired) electrons. The first-order valence-corrected chi connectivity index (χ1v) is 11.7. The van der Waals surface area contributed by atoms with Gasteiger partial charge < -0.3 is 14.2 Å². The van der Waals surface area contributed by atoms with Crippen LogP contribution in [-0.2, 0) is 11.3 Å². The molecule has 2 aliphatic rings. The van der Waals surface area contributed by atoms with E-state index in [-0.39, 0.29) is 6.04 Å². The standard InChI is InChI=1S/C23H36N6O3/c1-30-16-15-29-23(24-25-26-29)22(20-10-9-19(31-2)17-21(20)32-3)28-13-11-27(12-14-28)18-7-5-4-6-8-18/h9-10,17-18,22H,4-8,11-16H2,1-3H3/t22-/m0/s1. The molecule has 4 rings (SSSR count). The maximum atomic E-state index is 5.78. The zero-order chi connectivity index (χ0) is 22.3. The molecule has 1 saturated heterocycles. The van der Waals surface area contributed by atoms with Crippen LogP contribution < -0.4 is 9.47 Å². The van der Waals surface area contributed by atoms with Crippen LogP contribution in [0, 0.1) is 0 Å². The van der Waals surface area contributed by atoms with Gasteiger partial charge in [0, 0.05) is 51.0 Å². The van der Waals surface area contributed by atoms with Crippen molar-refractivity contribution < 1.29 is 14.2 Å². The highest BCUT2D eigenvalue weighted by Crippen LogP contribution is 2.37. The number of hydrogen-bond donors (Lipinski definition) is 0. The predicted octanol–water partition coefficient (Wildman–Crippen LogP) is 2.38. The molecule has 2 heterocycles. The molecule has 1 aliphatic heterocycles. The highest BCUT2D eigenvalue weighted by atomic mass is 16.5. The Kier molecular flexibility index (Phi) is 7.94. The van der Waals surface area contributed by atoms with E-state index in [9.17, 15) is 0 Å². The Morgan fingerprint density at radius 2 is 1.78 bits per heavy atom. The average molecular weight is 445 g/mol. The molecule has 2 aromatic rings. The van der Waals surface area contributed by atoms with Gasteiger partial charge in [-0.3, -0.25) is 9.80 Å². The molecule has 0 unspecified atom stereocenters. The second-order valence-corrected chi connectivity index (χ2v) is 8.63. The van der Waals surface area contributed by atoms with Crippen LogP contribution in [0.1, 0.15) is 49.5 Å². The van der Waals surface area contributed by atoms with Gasteiger partial charge in [-0.05, 0) is 35.4 Å². The third-order valence-electron chi connectivity index (χ3n) is 6.85. The molecule has 9 heteroatoms. The summed E-state index contributed by atoms with van der Waals surface area (Å²) < 4.78 is 18.3. The molecule has 1 aromatic carbocycles. The highest BCUT2D eigenvalue weighted by molar-refractivity contribution is 5.44. The van der Waals surface area contributed by atoms with E-state index in [1.165, 1.54) is 32.1 Å². The van der Waals surface area contributed by atoms with Crippen LogP contribution in [0.4, 0.5) is 0 Å². The molecule has 0 spiro atoms. The van der Waals surface area contributed by atoms with E-state index >= 15 is 0 Å². The van der Waals surface area contributed by atoms with Crippen LogP contribution >= 0.6 is 0 Å². The molecule has 9 nitrogen and oxygen atoms in total. The number of nitrogens with zero attached hydrogens (tertiary/aromatic N) is 6. The molecule has 176 valence electrons. The number of piperazine rings is 1. The van der Waals surface area contributed by atoms with Crippen molar-refractivity contribution in [1.82, 2.24) is 30.0 Å². The van der Waals surface area contributed by atoms with Crippen LogP contribution in [0.25, 0.3) is 0 Å². The summed E-state index contributed by atoms with van der Waals surface area (Å²) in [4.78, 5) is 5.17. The van der Waals surface area contributed by atoms with Gasteiger partial charge in [0.25, 0.3) is 0 Å². The number of hydrogen-bond acceptors (Lipinski definition) is 8. The van der Waals surface area contributed by atoms with Gasteiger partial charge in [-0.1, -0.05) is 19.3 Å². The van der Waals surface area contributed by atoms with Gasteiger partial charge in [-0.2, -0.15) is 0 Å². The van der Waals surface area contributed by atoms with Crippen molar-refractivity contribution in [1.29, 1.82) is 0 Å². The fourth-order valence-corrected chi connectivity index (χ4v) is 5.09. The summed E-state index contributed by atoms with van der Waals surface area (Å²) in [6.07, 6.45) is 6.80. The van der Waals surface area contributed by atoms with Crippen molar-refractivity contribution >= 4 is 0 Å². The smallest absolute Gasteiger partial charge is 0.173 e. The lowest BCUT2D eigenvalue weighted by atomic mass is 9.93. The number of ether oxygens (including phenoxy) is 3. The molecule has 1 saturated carbocycles. The van der Waals surface area contributed by atoms with Gasteiger partial charge in [0.05, 0.1) is 27.4 Å². The number of methoxy groups -OCH3 is 3. The normalized spacial score (nSPS) is 19.7. The van der Waals surface area contributed by atoms with E-state index in [0.717, 1.165) is 55.1 Å². The second kappa shape index (κ2) is 11.1. The lowest BCUT2D eigenvalue weighted by Crippen LogP contribution is -2.52. The molecule has 2 fully saturated rings. The van der Waals surface area contributed by atoms with Gasteiger partial charge in [0.2, 0.25) is 0 Å². The minimum atomic E-state index is -0.101. The zero-order valence-electron chi connectivity index (χ0n) is 19.6. The summed E-state index contributed by atoms with van der Waals surface area (Å²) in [5.74, 6) is 2.37. The minimum absolute atomic E-state index is 0.101. The SMILES string of the molecule is COCCn1nnnc1[C@H](c1ccc(OC)cc1OC)N1CCN(C2CCCCC2)CC1. The Morgan fingerprint density at radius 1 is 1.00 bits per heavy atom. The van der Waals surface area contributed by atoms with Gasteiger partial charge in [0.15, 0.2) is 5.82 Å². The van der Waals surface area contributed by atoms with E-state index < -0.39 is 0 Å². The molecular weight excluding hydrogens is 408 g/mol. The van der Waals surface area contributed by atoms with Crippen LogP contribution in [-0.4, -0.2) is 90.2 Å². The molecule has 1 aromatic heterocycles. The number of benzene rings is 1. The average Bonchev–Trinajstić information content (AvgIpc) is 3.32. The predicted molar refractivity (Wildman–Crippen MR) is 121 cm³/mol. The molecule has 0 bridgehead atoms. The Bertz CT molecular complexity index is 846. The van der Waals surface area contributed by atoms with Crippen molar-refractivity contribution in [2.75, 3.05) is 54.1 Å². The highest BCUT2D eigenvalue weighted by Gasteiger charge is 2.34. The van der Waals surface area contributed by atoms with E-state index in [2.05, 4.69) is 31.4 Å². The van der Waals surface area contributed by atoms with Gasteiger partial charge >= 0.3 is 0 Å². The summed E-state index contributed by atoms with van der Waals surface area (Å²) in [6, 6.07) is 6.63. The molecule has 1 aliphatic carbocycles. The minimum Gasteiger partial charge on any atom is -0.497 e. The summed E-state index contributed by atoms with van der Waals surface area (Å²) in [5.41, 5.74) is 1.05. The topological polar surface area (TPSA) is 77.8 Å². The fourth-order valence-electron chi connectivity index (χ4n) is 5.09. The second-order valence-electron chi connectivity index (χ2n) is 8.63. The molecular formula is C23H36N6O3. The fraction of sp³-hybridized carbons (Fsp3) is 0.696. The Morgan fingerprint density at radius 3 is 2.47 bits per heavy atom.